The van der Waals surface area contributed by atoms with Crippen molar-refractivity contribution in [3.05, 3.63) is 35.9 Å². The van der Waals surface area contributed by atoms with Crippen LogP contribution < -0.4 is 5.32 Å². The number of hydrogen-bond donors (Lipinski definition) is 1. The zero-order valence-electron chi connectivity index (χ0n) is 8.78. The van der Waals surface area contributed by atoms with Gasteiger partial charge in [0.2, 0.25) is 0 Å². The number of nitrogens with one attached hydrogen (secondary N) is 1. The molecule has 0 bridgehead atoms. The molecule has 1 atom stereocenters. The number of aromatic nitrogens is 2. The van der Waals surface area contributed by atoms with Crippen molar-refractivity contribution in [1.82, 2.24) is 14.7 Å². The van der Waals surface area contributed by atoms with E-state index >= 15 is 0 Å². The summed E-state index contributed by atoms with van der Waals surface area (Å²) < 4.78 is 2.14. The van der Waals surface area contributed by atoms with Gasteiger partial charge in [0.05, 0.1) is 17.8 Å². The molecule has 0 aliphatic carbocycles. The average molecular weight is 189 g/mol. The SMILES string of the molecule is CNC(C)c1ncc2ccc(C)cn12. The van der Waals surface area contributed by atoms with Gasteiger partial charge in [0.15, 0.2) is 0 Å². The number of nitrogens with zero attached hydrogens (tertiary/aromatic N) is 2. The lowest BCUT2D eigenvalue weighted by molar-refractivity contribution is 0.608. The van der Waals surface area contributed by atoms with Crippen molar-refractivity contribution in [1.29, 1.82) is 0 Å². The van der Waals surface area contributed by atoms with Crippen molar-refractivity contribution in [2.75, 3.05) is 7.05 Å². The van der Waals surface area contributed by atoms with Crippen LogP contribution in [-0.2, 0) is 0 Å². The number of aryl methyl sites for hydroxylation is 1. The van der Waals surface area contributed by atoms with E-state index in [2.05, 4.69) is 46.9 Å². The lowest BCUT2D eigenvalue weighted by Gasteiger charge is -2.09. The standard InChI is InChI=1S/C11H15N3/c1-8-4-5-10-6-13-11(9(2)12-3)14(10)7-8/h4-7,9,12H,1-3H3. The third-order valence-electron chi connectivity index (χ3n) is 2.52. The van der Waals surface area contributed by atoms with E-state index in [1.165, 1.54) is 5.56 Å². The van der Waals surface area contributed by atoms with Crippen molar-refractivity contribution < 1.29 is 0 Å². The van der Waals surface area contributed by atoms with Crippen molar-refractivity contribution in [3.63, 3.8) is 0 Å². The van der Waals surface area contributed by atoms with E-state index in [0.29, 0.717) is 0 Å². The molecule has 0 saturated carbocycles. The van der Waals surface area contributed by atoms with Crippen LogP contribution in [0.4, 0.5) is 0 Å². The van der Waals surface area contributed by atoms with Crippen LogP contribution >= 0.6 is 0 Å². The second-order valence-electron chi connectivity index (χ2n) is 3.63. The Kier molecular flexibility index (Phi) is 2.25. The summed E-state index contributed by atoms with van der Waals surface area (Å²) in [6.45, 7) is 4.20. The highest BCUT2D eigenvalue weighted by Crippen LogP contribution is 2.14. The maximum Gasteiger partial charge on any atom is 0.130 e. The minimum Gasteiger partial charge on any atom is -0.311 e. The van der Waals surface area contributed by atoms with E-state index in [-0.39, 0.29) is 6.04 Å². The number of pyridine rings is 1. The first kappa shape index (κ1) is 9.21. The fourth-order valence-electron chi connectivity index (χ4n) is 1.57. The number of fused-ring (bicyclic) bond motifs is 1. The Balaban J connectivity index is 2.61. The van der Waals surface area contributed by atoms with Gasteiger partial charge in [-0.25, -0.2) is 4.98 Å². The fourth-order valence-corrected chi connectivity index (χ4v) is 1.57. The molecule has 0 radical (unpaired) electrons. The summed E-state index contributed by atoms with van der Waals surface area (Å²) in [6, 6.07) is 4.47. The first-order chi connectivity index (χ1) is 6.72. The van der Waals surface area contributed by atoms with Crippen molar-refractivity contribution in [3.8, 4) is 0 Å². The van der Waals surface area contributed by atoms with Gasteiger partial charge >= 0.3 is 0 Å². The Labute approximate surface area is 83.8 Å². The highest BCUT2D eigenvalue weighted by molar-refractivity contribution is 5.47. The Hall–Kier alpha value is -1.35. The molecule has 14 heavy (non-hydrogen) atoms. The van der Waals surface area contributed by atoms with Gasteiger partial charge in [-0.2, -0.15) is 0 Å². The second kappa shape index (κ2) is 3.42. The van der Waals surface area contributed by atoms with Crippen LogP contribution in [0.25, 0.3) is 5.52 Å². The molecule has 1 unspecified atom stereocenters. The lowest BCUT2D eigenvalue weighted by atomic mass is 10.3. The third-order valence-corrected chi connectivity index (χ3v) is 2.52. The minimum absolute atomic E-state index is 0.277. The molecule has 0 spiro atoms. The molecule has 0 aliphatic rings. The summed E-state index contributed by atoms with van der Waals surface area (Å²) in [5.74, 6) is 1.06. The predicted molar refractivity (Wildman–Crippen MR) is 57.4 cm³/mol. The first-order valence-corrected chi connectivity index (χ1v) is 4.83. The normalized spacial score (nSPS) is 13.4. The van der Waals surface area contributed by atoms with Crippen LogP contribution in [0.15, 0.2) is 24.5 Å². The molecule has 0 aliphatic heterocycles. The predicted octanol–water partition coefficient (Wildman–Crippen LogP) is 1.92. The minimum atomic E-state index is 0.277. The number of rotatable bonds is 2. The molecule has 0 amide bonds. The number of hydrogen-bond acceptors (Lipinski definition) is 2. The largest absolute Gasteiger partial charge is 0.311 e. The van der Waals surface area contributed by atoms with Gasteiger partial charge in [-0.3, -0.25) is 0 Å². The topological polar surface area (TPSA) is 29.3 Å². The summed E-state index contributed by atoms with van der Waals surface area (Å²) in [6.07, 6.45) is 4.02. The molecule has 0 aromatic carbocycles. The smallest absolute Gasteiger partial charge is 0.130 e. The lowest BCUT2D eigenvalue weighted by Crippen LogP contribution is -2.15. The molecule has 1 N–H and O–H groups in total. The summed E-state index contributed by atoms with van der Waals surface area (Å²) in [7, 11) is 1.95. The summed E-state index contributed by atoms with van der Waals surface area (Å²) >= 11 is 0. The second-order valence-corrected chi connectivity index (χ2v) is 3.63. The molecule has 2 heterocycles. The van der Waals surface area contributed by atoms with Gasteiger partial charge in [-0.1, -0.05) is 6.07 Å². The van der Waals surface area contributed by atoms with Crippen LogP contribution in [0, 0.1) is 6.92 Å². The molecule has 74 valence electrons. The Bertz CT molecular complexity index is 445. The van der Waals surface area contributed by atoms with Crippen LogP contribution in [0.3, 0.4) is 0 Å². The quantitative estimate of drug-likeness (QED) is 0.782. The van der Waals surface area contributed by atoms with Gasteiger partial charge in [-0.15, -0.1) is 0 Å². The van der Waals surface area contributed by atoms with Gasteiger partial charge in [0, 0.05) is 6.20 Å². The van der Waals surface area contributed by atoms with E-state index in [1.807, 2.05) is 13.2 Å². The monoisotopic (exact) mass is 189 g/mol. The molecule has 3 nitrogen and oxygen atoms in total. The van der Waals surface area contributed by atoms with Crippen molar-refractivity contribution in [2.45, 2.75) is 19.9 Å². The highest BCUT2D eigenvalue weighted by Gasteiger charge is 2.09. The Morgan fingerprint density at radius 3 is 2.93 bits per heavy atom. The van der Waals surface area contributed by atoms with Crippen LogP contribution in [0.5, 0.6) is 0 Å². The van der Waals surface area contributed by atoms with Crippen LogP contribution in [-0.4, -0.2) is 16.4 Å². The van der Waals surface area contributed by atoms with E-state index < -0.39 is 0 Å². The molecule has 2 rings (SSSR count). The van der Waals surface area contributed by atoms with Crippen molar-refractivity contribution in [2.24, 2.45) is 0 Å². The first-order valence-electron chi connectivity index (χ1n) is 4.83. The maximum atomic E-state index is 4.41. The molecule has 0 saturated heterocycles. The fraction of sp³-hybridized carbons (Fsp3) is 0.364. The van der Waals surface area contributed by atoms with Crippen LogP contribution in [0.1, 0.15) is 24.4 Å². The Morgan fingerprint density at radius 1 is 1.43 bits per heavy atom. The van der Waals surface area contributed by atoms with E-state index in [9.17, 15) is 0 Å². The zero-order valence-corrected chi connectivity index (χ0v) is 8.78. The van der Waals surface area contributed by atoms with Crippen molar-refractivity contribution >= 4 is 5.52 Å². The molecule has 0 fully saturated rings. The summed E-state index contributed by atoms with van der Waals surface area (Å²) in [4.78, 5) is 4.41. The van der Waals surface area contributed by atoms with Gasteiger partial charge in [0.25, 0.3) is 0 Å². The van der Waals surface area contributed by atoms with E-state index in [4.69, 9.17) is 0 Å². The number of imidazole rings is 1. The summed E-state index contributed by atoms with van der Waals surface area (Å²) in [5.41, 5.74) is 2.40. The highest BCUT2D eigenvalue weighted by atomic mass is 15.1. The molecule has 2 aromatic rings. The van der Waals surface area contributed by atoms with Gasteiger partial charge in [-0.05, 0) is 32.5 Å². The molecular weight excluding hydrogens is 174 g/mol. The molecule has 2 aromatic heterocycles. The average Bonchev–Trinajstić information content (AvgIpc) is 2.59. The molecular formula is C11H15N3. The van der Waals surface area contributed by atoms with Gasteiger partial charge < -0.3 is 9.72 Å². The molecule has 3 heteroatoms. The Morgan fingerprint density at radius 2 is 2.21 bits per heavy atom. The summed E-state index contributed by atoms with van der Waals surface area (Å²) in [5, 5.41) is 3.20. The van der Waals surface area contributed by atoms with Crippen LogP contribution in [0.2, 0.25) is 0 Å². The maximum absolute atomic E-state index is 4.41. The van der Waals surface area contributed by atoms with Gasteiger partial charge in [0.1, 0.15) is 5.82 Å². The zero-order chi connectivity index (χ0) is 10.1. The van der Waals surface area contributed by atoms with E-state index in [1.54, 1.807) is 0 Å². The third kappa shape index (κ3) is 1.40. The van der Waals surface area contributed by atoms with E-state index in [0.717, 1.165) is 11.3 Å².